The monoisotopic (exact) mass is 431 g/mol. The largest absolute Gasteiger partial charge is 0.378 e. The normalized spacial score (nSPS) is 15.6. The fourth-order valence-electron chi connectivity index (χ4n) is 3.55. The Labute approximate surface area is 183 Å². The molecule has 0 aliphatic carbocycles. The van der Waals surface area contributed by atoms with Crippen LogP contribution >= 0.6 is 11.8 Å². The maximum atomic E-state index is 12.7. The summed E-state index contributed by atoms with van der Waals surface area (Å²) in [6, 6.07) is 10.1. The minimum absolute atomic E-state index is 0.00301. The van der Waals surface area contributed by atoms with Crippen molar-refractivity contribution in [2.45, 2.75) is 45.4 Å². The summed E-state index contributed by atoms with van der Waals surface area (Å²) in [6.07, 6.45) is 0. The van der Waals surface area contributed by atoms with Crippen LogP contribution in [0, 0.1) is 11.8 Å². The third kappa shape index (κ3) is 5.98. The molecule has 30 heavy (non-hydrogen) atoms. The summed E-state index contributed by atoms with van der Waals surface area (Å²) < 4.78 is 7.61. The van der Waals surface area contributed by atoms with E-state index >= 15 is 0 Å². The average molecular weight is 432 g/mol. The number of carbonyl (C=O) groups excluding carboxylic acids is 1. The molecule has 1 atom stereocenters. The summed E-state index contributed by atoms with van der Waals surface area (Å²) in [4.78, 5) is 14.9. The Morgan fingerprint density at radius 3 is 2.47 bits per heavy atom. The number of nitrogens with zero attached hydrogens (tertiary/aromatic N) is 4. The van der Waals surface area contributed by atoms with Crippen LogP contribution in [-0.2, 0) is 16.1 Å². The summed E-state index contributed by atoms with van der Waals surface area (Å²) in [7, 11) is 0. The van der Waals surface area contributed by atoms with Gasteiger partial charge < -0.3 is 15.0 Å². The van der Waals surface area contributed by atoms with Gasteiger partial charge in [-0.15, -0.1) is 10.2 Å². The molecule has 164 valence electrons. The van der Waals surface area contributed by atoms with E-state index in [1.807, 2.05) is 18.2 Å². The van der Waals surface area contributed by atoms with E-state index < -0.39 is 0 Å². The van der Waals surface area contributed by atoms with Gasteiger partial charge in [0.05, 0.1) is 25.0 Å². The second-order valence-corrected chi connectivity index (χ2v) is 9.32. The number of thioether (sulfide) groups is 1. The van der Waals surface area contributed by atoms with E-state index in [4.69, 9.17) is 4.74 Å². The highest BCUT2D eigenvalue weighted by Crippen LogP contribution is 2.25. The highest BCUT2D eigenvalue weighted by molar-refractivity contribution is 7.99. The molecule has 1 aliphatic rings. The quantitative estimate of drug-likeness (QED) is 0.614. The molecular formula is C22H33N5O2S. The molecule has 0 saturated carbocycles. The number of nitrogens with one attached hydrogen (secondary N) is 1. The topological polar surface area (TPSA) is 72.3 Å². The number of amides is 1. The first-order valence-corrected chi connectivity index (χ1v) is 11.7. The van der Waals surface area contributed by atoms with Crippen LogP contribution < -0.4 is 10.2 Å². The molecule has 0 radical (unpaired) electrons. The van der Waals surface area contributed by atoms with Gasteiger partial charge in [-0.3, -0.25) is 9.36 Å². The highest BCUT2D eigenvalue weighted by atomic mass is 32.2. The smallest absolute Gasteiger partial charge is 0.230 e. The summed E-state index contributed by atoms with van der Waals surface area (Å²) in [5.74, 6) is 1.96. The van der Waals surface area contributed by atoms with E-state index in [1.54, 1.807) is 0 Å². The Balaban J connectivity index is 1.66. The zero-order chi connectivity index (χ0) is 21.5. The van der Waals surface area contributed by atoms with Crippen LogP contribution in [0.15, 0.2) is 35.5 Å². The van der Waals surface area contributed by atoms with E-state index in [2.05, 4.69) is 64.8 Å². The molecule has 0 bridgehead atoms. The summed E-state index contributed by atoms with van der Waals surface area (Å²) in [5, 5.41) is 12.8. The first kappa shape index (κ1) is 22.6. The van der Waals surface area contributed by atoms with Crippen molar-refractivity contribution in [2.75, 3.05) is 37.0 Å². The first-order chi connectivity index (χ1) is 14.5. The van der Waals surface area contributed by atoms with Gasteiger partial charge in [0.1, 0.15) is 0 Å². The fraction of sp³-hybridized carbons (Fsp3) is 0.591. The average Bonchev–Trinajstić information content (AvgIpc) is 3.13. The second-order valence-electron chi connectivity index (χ2n) is 8.38. The number of morpholine rings is 1. The first-order valence-electron chi connectivity index (χ1n) is 10.7. The molecule has 1 saturated heterocycles. The molecule has 0 spiro atoms. The molecular weight excluding hydrogens is 398 g/mol. The van der Waals surface area contributed by atoms with Crippen LogP contribution in [0.4, 0.5) is 5.95 Å². The van der Waals surface area contributed by atoms with Gasteiger partial charge in [0.2, 0.25) is 11.9 Å². The number of carbonyl (C=O) groups is 1. The fourth-order valence-corrected chi connectivity index (χ4v) is 4.30. The highest BCUT2D eigenvalue weighted by Gasteiger charge is 2.23. The molecule has 3 rings (SSSR count). The predicted molar refractivity (Wildman–Crippen MR) is 121 cm³/mol. The third-order valence-electron chi connectivity index (χ3n) is 5.01. The zero-order valence-electron chi connectivity index (χ0n) is 18.4. The summed E-state index contributed by atoms with van der Waals surface area (Å²) >= 11 is 1.45. The van der Waals surface area contributed by atoms with E-state index in [0.717, 1.165) is 36.3 Å². The van der Waals surface area contributed by atoms with E-state index in [1.165, 1.54) is 11.8 Å². The zero-order valence-corrected chi connectivity index (χ0v) is 19.2. The van der Waals surface area contributed by atoms with Gasteiger partial charge in [-0.2, -0.15) is 0 Å². The molecule has 1 aliphatic heterocycles. The van der Waals surface area contributed by atoms with Crippen LogP contribution in [0.5, 0.6) is 0 Å². The van der Waals surface area contributed by atoms with E-state index in [-0.39, 0.29) is 11.9 Å². The van der Waals surface area contributed by atoms with Crippen LogP contribution in [0.3, 0.4) is 0 Å². The Kier molecular flexibility index (Phi) is 8.16. The van der Waals surface area contributed by atoms with Crippen LogP contribution in [0.25, 0.3) is 0 Å². The number of anilines is 1. The second kappa shape index (κ2) is 10.8. The summed E-state index contributed by atoms with van der Waals surface area (Å²) in [5.41, 5.74) is 1.13. The van der Waals surface area contributed by atoms with Gasteiger partial charge in [0.25, 0.3) is 0 Å². The Morgan fingerprint density at radius 1 is 1.13 bits per heavy atom. The Morgan fingerprint density at radius 2 is 1.83 bits per heavy atom. The predicted octanol–water partition coefficient (Wildman–Crippen LogP) is 3.38. The van der Waals surface area contributed by atoms with Crippen molar-refractivity contribution in [3.8, 4) is 0 Å². The van der Waals surface area contributed by atoms with Crippen molar-refractivity contribution in [1.29, 1.82) is 0 Å². The lowest BCUT2D eigenvalue weighted by Crippen LogP contribution is -2.38. The van der Waals surface area contributed by atoms with Crippen LogP contribution in [0.2, 0.25) is 0 Å². The lowest BCUT2D eigenvalue weighted by molar-refractivity contribution is -0.119. The Bertz CT molecular complexity index is 803. The van der Waals surface area contributed by atoms with Gasteiger partial charge in [0, 0.05) is 19.6 Å². The molecule has 2 heterocycles. The minimum atomic E-state index is -0.00301. The lowest BCUT2D eigenvalue weighted by Gasteiger charge is -2.28. The molecule has 8 heteroatoms. The number of ether oxygens (including phenoxy) is 1. The van der Waals surface area contributed by atoms with Crippen molar-refractivity contribution >= 4 is 23.6 Å². The maximum Gasteiger partial charge on any atom is 0.230 e. The Hall–Kier alpha value is -2.06. The molecule has 7 nitrogen and oxygen atoms in total. The van der Waals surface area contributed by atoms with Crippen molar-refractivity contribution in [1.82, 2.24) is 20.1 Å². The molecule has 1 unspecified atom stereocenters. The molecule has 1 aromatic carbocycles. The van der Waals surface area contributed by atoms with Gasteiger partial charge in [-0.25, -0.2) is 0 Å². The van der Waals surface area contributed by atoms with Crippen LogP contribution in [0.1, 0.15) is 39.3 Å². The minimum Gasteiger partial charge on any atom is -0.378 e. The van der Waals surface area contributed by atoms with E-state index in [0.29, 0.717) is 30.8 Å². The van der Waals surface area contributed by atoms with Crippen LogP contribution in [-0.4, -0.2) is 52.7 Å². The number of benzene rings is 1. The molecule has 1 amide bonds. The summed E-state index contributed by atoms with van der Waals surface area (Å²) in [6.45, 7) is 12.5. The number of aromatic nitrogens is 3. The lowest BCUT2D eigenvalue weighted by atomic mass is 9.96. The SMILES string of the molecule is CC(C)Cn1c(SCC(=O)NC(c2ccccc2)C(C)C)nnc1N1CCOCC1. The molecule has 1 fully saturated rings. The van der Waals surface area contributed by atoms with Crippen molar-refractivity contribution in [2.24, 2.45) is 11.8 Å². The number of hydrogen-bond acceptors (Lipinski definition) is 6. The van der Waals surface area contributed by atoms with Crippen molar-refractivity contribution < 1.29 is 9.53 Å². The van der Waals surface area contributed by atoms with Crippen molar-refractivity contribution in [3.05, 3.63) is 35.9 Å². The maximum absolute atomic E-state index is 12.7. The van der Waals surface area contributed by atoms with Crippen molar-refractivity contribution in [3.63, 3.8) is 0 Å². The van der Waals surface area contributed by atoms with Gasteiger partial charge in [0.15, 0.2) is 5.16 Å². The molecule has 1 aromatic heterocycles. The number of hydrogen-bond donors (Lipinski definition) is 1. The molecule has 1 N–H and O–H groups in total. The molecule has 2 aromatic rings. The van der Waals surface area contributed by atoms with E-state index in [9.17, 15) is 4.79 Å². The van der Waals surface area contributed by atoms with Gasteiger partial charge >= 0.3 is 0 Å². The standard InChI is InChI=1S/C22H33N5O2S/c1-16(2)14-27-21(26-10-12-29-13-11-26)24-25-22(27)30-15-19(28)23-20(17(3)4)18-8-6-5-7-9-18/h5-9,16-17,20H,10-15H2,1-4H3,(H,23,28). The third-order valence-corrected chi connectivity index (χ3v) is 5.98. The van der Waals surface area contributed by atoms with Gasteiger partial charge in [-0.1, -0.05) is 69.8 Å². The van der Waals surface area contributed by atoms with Gasteiger partial charge in [-0.05, 0) is 17.4 Å². The number of rotatable bonds is 9.